The van der Waals surface area contributed by atoms with Crippen molar-refractivity contribution in [1.29, 1.82) is 0 Å². The van der Waals surface area contributed by atoms with E-state index in [1.54, 1.807) is 0 Å². The zero-order chi connectivity index (χ0) is 0. The zero-order valence-corrected chi connectivity index (χ0v) is 13.7. The van der Waals surface area contributed by atoms with E-state index in [-0.39, 0.29) is 75.2 Å². The molecule has 0 fully saturated rings. The maximum absolute atomic E-state index is 0. The monoisotopic (exact) mass is 321 g/mol. The van der Waals surface area contributed by atoms with Gasteiger partial charge < -0.3 is 0 Å². The van der Waals surface area contributed by atoms with Gasteiger partial charge >= 0.3 is 75.2 Å². The Labute approximate surface area is 74.3 Å². The molecule has 0 saturated carbocycles. The Balaban J connectivity index is 0. The average molecular weight is 317 g/mol. The molecule has 0 aliphatic heterocycles. The standard InChI is InChI=1S/3GeH2.Nb/h3*1H2;/q3*-1;+3. The van der Waals surface area contributed by atoms with Crippen molar-refractivity contribution in [2.24, 2.45) is 0 Å². The number of hydrogen-bond donors (Lipinski definition) is 0. The molecular weight excluding hydrogens is 311 g/mol. The van der Waals surface area contributed by atoms with Gasteiger partial charge in [0, 0.05) is 0 Å². The molecule has 0 atom stereocenters. The molecule has 0 aliphatic rings. The molecule has 4 heavy (non-hydrogen) atoms. The fraction of sp³-hybridized carbons (Fsp3) is 0. The summed E-state index contributed by atoms with van der Waals surface area (Å²) in [6.45, 7) is 0. The van der Waals surface area contributed by atoms with Crippen LogP contribution in [0, 0.1) is 0 Å². The van der Waals surface area contributed by atoms with Gasteiger partial charge in [-0.15, -0.1) is 0 Å². The van der Waals surface area contributed by atoms with Crippen molar-refractivity contribution >= 4 is 52.8 Å². The first-order chi connectivity index (χ1) is 0. The van der Waals surface area contributed by atoms with Crippen molar-refractivity contribution in [3.8, 4) is 0 Å². The van der Waals surface area contributed by atoms with Crippen molar-refractivity contribution in [1.82, 2.24) is 0 Å². The second-order valence-corrected chi connectivity index (χ2v) is 0. The van der Waals surface area contributed by atoms with Gasteiger partial charge in [-0.25, -0.2) is 0 Å². The largest absolute Gasteiger partial charge is 3.00 e. The van der Waals surface area contributed by atoms with Gasteiger partial charge in [-0.3, -0.25) is 0 Å². The summed E-state index contributed by atoms with van der Waals surface area (Å²) in [4.78, 5) is 0. The number of hydrogen-bond acceptors (Lipinski definition) is 0. The second kappa shape index (κ2) is 18.3. The zero-order valence-electron chi connectivity index (χ0n) is 2.57. The molecule has 4 heteroatoms. The van der Waals surface area contributed by atoms with Crippen LogP contribution in [-0.4, -0.2) is 52.8 Å². The van der Waals surface area contributed by atoms with Gasteiger partial charge in [0.1, 0.15) is 0 Å². The third kappa shape index (κ3) is 8.84. The minimum absolute atomic E-state index is 0. The van der Waals surface area contributed by atoms with Crippen LogP contribution in [0.15, 0.2) is 0 Å². The average Bonchev–Trinajstić information content (AvgIpc) is 0. The Morgan fingerprint density at radius 1 is 0.500 bits per heavy atom. The predicted octanol–water partition coefficient (Wildman–Crippen LogP) is -2.75. The maximum atomic E-state index is 0. The Hall–Kier alpha value is 2.37. The Kier molecular flexibility index (Phi) is 149. The van der Waals surface area contributed by atoms with Gasteiger partial charge in [0.15, 0.2) is 0 Å². The molecule has 0 saturated heterocycles. The summed E-state index contributed by atoms with van der Waals surface area (Å²) < 4.78 is 0. The predicted molar refractivity (Wildman–Crippen MR) is 25.6 cm³/mol. The number of rotatable bonds is 0. The van der Waals surface area contributed by atoms with Crippen LogP contribution in [0.1, 0.15) is 0 Å². The topological polar surface area (TPSA) is 0 Å². The van der Waals surface area contributed by atoms with Gasteiger partial charge in [0.2, 0.25) is 0 Å². The Morgan fingerprint density at radius 2 is 0.500 bits per heavy atom. The van der Waals surface area contributed by atoms with E-state index < -0.39 is 0 Å². The Morgan fingerprint density at radius 3 is 0.500 bits per heavy atom. The van der Waals surface area contributed by atoms with Gasteiger partial charge in [-0.2, -0.15) is 0 Å². The summed E-state index contributed by atoms with van der Waals surface area (Å²) in [6.07, 6.45) is 0. The molecule has 0 amide bonds. The van der Waals surface area contributed by atoms with Crippen molar-refractivity contribution in [3.05, 3.63) is 0 Å². The fourth-order valence-corrected chi connectivity index (χ4v) is 0. The van der Waals surface area contributed by atoms with E-state index in [2.05, 4.69) is 0 Å². The van der Waals surface area contributed by atoms with Crippen LogP contribution in [0.5, 0.6) is 0 Å². The van der Waals surface area contributed by atoms with Gasteiger partial charge in [-0.05, 0) is 0 Å². The normalized spacial score (nSPS) is 0. The van der Waals surface area contributed by atoms with Crippen LogP contribution < -0.4 is 0 Å². The molecule has 0 rings (SSSR count). The van der Waals surface area contributed by atoms with Gasteiger partial charge in [0.05, 0.1) is 0 Å². The molecule has 0 heterocycles. The molecule has 0 aromatic heterocycles. The van der Waals surface area contributed by atoms with Crippen LogP contribution in [0.4, 0.5) is 0 Å². The first-order valence-corrected chi connectivity index (χ1v) is 0. The molecule has 0 N–H and O–H groups in total. The SMILES string of the molecule is [GeH2-].[GeH2-].[GeH2-].[Nb+3]. The van der Waals surface area contributed by atoms with Crippen LogP contribution in [0.3, 0.4) is 0 Å². The third-order valence-corrected chi connectivity index (χ3v) is 0. The summed E-state index contributed by atoms with van der Waals surface area (Å²) in [5.74, 6) is 0. The minimum atomic E-state index is 0. The Bertz CT molecular complexity index is 3.25. The van der Waals surface area contributed by atoms with Crippen LogP contribution >= 0.6 is 0 Å². The third-order valence-electron chi connectivity index (χ3n) is 0. The van der Waals surface area contributed by atoms with Crippen molar-refractivity contribution < 1.29 is 22.4 Å². The molecule has 3 radical (unpaired) electrons. The van der Waals surface area contributed by atoms with E-state index >= 15 is 0 Å². The van der Waals surface area contributed by atoms with Crippen LogP contribution in [-0.2, 0) is 22.4 Å². The summed E-state index contributed by atoms with van der Waals surface area (Å²) in [5.41, 5.74) is 0. The summed E-state index contributed by atoms with van der Waals surface area (Å²) in [6, 6.07) is 0. The smallest absolute Gasteiger partial charge is 3.00 e. The van der Waals surface area contributed by atoms with Gasteiger partial charge in [-0.1, -0.05) is 0 Å². The molecule has 0 spiro atoms. The van der Waals surface area contributed by atoms with Crippen molar-refractivity contribution in [2.45, 2.75) is 0 Å². The van der Waals surface area contributed by atoms with E-state index in [0.717, 1.165) is 0 Å². The van der Waals surface area contributed by atoms with E-state index in [1.165, 1.54) is 0 Å². The van der Waals surface area contributed by atoms with E-state index in [9.17, 15) is 0 Å². The molecule has 0 aromatic rings. The molecule has 0 nitrogen and oxygen atoms in total. The molecule has 0 aromatic carbocycles. The summed E-state index contributed by atoms with van der Waals surface area (Å²) >= 11 is 0. The van der Waals surface area contributed by atoms with E-state index in [4.69, 9.17) is 0 Å². The van der Waals surface area contributed by atoms with Crippen LogP contribution in [0.25, 0.3) is 0 Å². The first kappa shape index (κ1) is 32.7. The second-order valence-electron chi connectivity index (χ2n) is 0. The van der Waals surface area contributed by atoms with E-state index in [0.29, 0.717) is 0 Å². The first-order valence-electron chi connectivity index (χ1n) is 0. The quantitative estimate of drug-likeness (QED) is 0.425. The molecule has 0 unspecified atom stereocenters. The fourth-order valence-electron chi connectivity index (χ4n) is 0. The molecule has 23 valence electrons. The molecule has 0 aliphatic carbocycles. The molecular formula is H6Ge3Nb. The molecule has 0 bridgehead atoms. The van der Waals surface area contributed by atoms with Crippen molar-refractivity contribution in [2.75, 3.05) is 0 Å². The maximum Gasteiger partial charge on any atom is 3.00 e. The van der Waals surface area contributed by atoms with Gasteiger partial charge in [0.25, 0.3) is 0 Å². The minimum Gasteiger partial charge on any atom is 3.00 e. The summed E-state index contributed by atoms with van der Waals surface area (Å²) in [7, 11) is 0. The van der Waals surface area contributed by atoms with E-state index in [1.807, 2.05) is 0 Å². The van der Waals surface area contributed by atoms with Crippen LogP contribution in [0.2, 0.25) is 0 Å². The van der Waals surface area contributed by atoms with Crippen molar-refractivity contribution in [3.63, 3.8) is 0 Å². The summed E-state index contributed by atoms with van der Waals surface area (Å²) in [5, 5.41) is 0.